The Morgan fingerprint density at radius 1 is 1.33 bits per heavy atom. The highest BCUT2D eigenvalue weighted by molar-refractivity contribution is 5.78. The van der Waals surface area contributed by atoms with E-state index in [9.17, 15) is 4.79 Å². The third kappa shape index (κ3) is 3.95. The van der Waals surface area contributed by atoms with E-state index in [0.717, 1.165) is 18.4 Å². The second kappa shape index (κ2) is 7.78. The van der Waals surface area contributed by atoms with Crippen molar-refractivity contribution in [2.75, 3.05) is 26.7 Å². The van der Waals surface area contributed by atoms with Crippen molar-refractivity contribution in [2.24, 2.45) is 0 Å². The fourth-order valence-corrected chi connectivity index (χ4v) is 3.78. The number of rotatable bonds is 4. The molecule has 1 aliphatic carbocycles. The zero-order valence-corrected chi connectivity index (χ0v) is 14.3. The second-order valence-corrected chi connectivity index (χ2v) is 6.83. The molecule has 1 aromatic carbocycles. The molecule has 1 aliphatic heterocycles. The van der Waals surface area contributed by atoms with Gasteiger partial charge < -0.3 is 9.64 Å². The van der Waals surface area contributed by atoms with Crippen LogP contribution < -0.4 is 0 Å². The minimum atomic E-state index is 0.200. The number of fused-ring (bicyclic) bond motifs is 1. The summed E-state index contributed by atoms with van der Waals surface area (Å²) in [5.41, 5.74) is 1.77. The number of likely N-dealkylation sites (N-methyl/N-ethyl adjacent to an activating group) is 1. The number of nitrogens with zero attached hydrogens (tertiary/aromatic N) is 3. The Balaban J connectivity index is 1.56. The molecule has 128 valence electrons. The summed E-state index contributed by atoms with van der Waals surface area (Å²) in [5.74, 6) is 0.200. The van der Waals surface area contributed by atoms with Crippen molar-refractivity contribution in [2.45, 2.75) is 44.4 Å². The number of hydrogen-bond donors (Lipinski definition) is 0. The Bertz CT molecular complexity index is 606. The third-order valence-electron chi connectivity index (χ3n) is 4.99. The molecule has 0 aromatic heterocycles. The maximum atomic E-state index is 12.7. The number of ether oxygens (including phenoxy) is 1. The molecule has 24 heavy (non-hydrogen) atoms. The lowest BCUT2D eigenvalue weighted by molar-refractivity contribution is -0.150. The smallest absolute Gasteiger partial charge is 0.237 e. The lowest BCUT2D eigenvalue weighted by atomic mass is 9.90. The molecule has 0 N–H and O–H groups in total. The van der Waals surface area contributed by atoms with Crippen molar-refractivity contribution in [3.8, 4) is 6.07 Å². The summed E-state index contributed by atoms with van der Waals surface area (Å²) in [7, 11) is 1.97. The highest BCUT2D eigenvalue weighted by Gasteiger charge is 2.36. The molecule has 1 saturated carbocycles. The number of benzene rings is 1. The highest BCUT2D eigenvalue weighted by Crippen LogP contribution is 2.28. The lowest BCUT2D eigenvalue weighted by Gasteiger charge is -2.44. The molecule has 0 spiro atoms. The monoisotopic (exact) mass is 327 g/mol. The molecule has 1 heterocycles. The molecule has 1 saturated heterocycles. The molecule has 0 unspecified atom stereocenters. The maximum Gasteiger partial charge on any atom is 0.237 e. The largest absolute Gasteiger partial charge is 0.374 e. The Kier molecular flexibility index (Phi) is 5.49. The number of amides is 1. The normalized spacial score (nSPS) is 23.6. The van der Waals surface area contributed by atoms with Crippen LogP contribution in [0.4, 0.5) is 0 Å². The molecule has 3 rings (SSSR count). The minimum Gasteiger partial charge on any atom is -0.374 e. The van der Waals surface area contributed by atoms with Crippen LogP contribution in [0.2, 0.25) is 0 Å². The fraction of sp³-hybridized carbons (Fsp3) is 0.579. The van der Waals surface area contributed by atoms with Gasteiger partial charge in [0.05, 0.1) is 36.9 Å². The summed E-state index contributed by atoms with van der Waals surface area (Å²) in [6.07, 6.45) is 4.78. The molecule has 5 nitrogen and oxygen atoms in total. The van der Waals surface area contributed by atoms with Crippen LogP contribution in [-0.4, -0.2) is 54.6 Å². The number of hydrogen-bond acceptors (Lipinski definition) is 4. The van der Waals surface area contributed by atoms with Crippen LogP contribution in [0, 0.1) is 11.3 Å². The average Bonchev–Trinajstić information content (AvgIpc) is 2.61. The number of carbonyl (C=O) groups is 1. The van der Waals surface area contributed by atoms with Crippen molar-refractivity contribution in [1.29, 1.82) is 5.26 Å². The first kappa shape index (κ1) is 16.9. The summed E-state index contributed by atoms with van der Waals surface area (Å²) in [6, 6.07) is 9.93. The van der Waals surface area contributed by atoms with Gasteiger partial charge in [0.2, 0.25) is 5.91 Å². The molecule has 5 heteroatoms. The Morgan fingerprint density at radius 3 is 2.83 bits per heavy atom. The van der Waals surface area contributed by atoms with Crippen LogP contribution in [0.25, 0.3) is 0 Å². The molecule has 2 atom stereocenters. The topological polar surface area (TPSA) is 56.6 Å². The van der Waals surface area contributed by atoms with E-state index in [1.807, 2.05) is 41.1 Å². The van der Waals surface area contributed by atoms with Crippen molar-refractivity contribution in [1.82, 2.24) is 9.80 Å². The van der Waals surface area contributed by atoms with Gasteiger partial charge in [-0.3, -0.25) is 9.69 Å². The predicted octanol–water partition coefficient (Wildman–Crippen LogP) is 2.16. The molecule has 0 bridgehead atoms. The van der Waals surface area contributed by atoms with E-state index in [-0.39, 0.29) is 18.1 Å². The maximum absolute atomic E-state index is 12.7. The standard InChI is InChI=1S/C19H25N3O2/c1-21(13-16-8-6-15(12-20)7-9-16)14-19(23)22-10-11-24-18-5-3-2-4-17(18)22/h6-9,17-18H,2-5,10-11,13-14H2,1H3/t17-,18+/m1/s1. The molecule has 1 amide bonds. The van der Waals surface area contributed by atoms with Crippen molar-refractivity contribution < 1.29 is 9.53 Å². The van der Waals surface area contributed by atoms with Gasteiger partial charge in [-0.25, -0.2) is 0 Å². The van der Waals surface area contributed by atoms with Crippen molar-refractivity contribution in [3.05, 3.63) is 35.4 Å². The van der Waals surface area contributed by atoms with E-state index in [0.29, 0.717) is 31.8 Å². The molecular weight excluding hydrogens is 302 g/mol. The average molecular weight is 327 g/mol. The summed E-state index contributed by atoms with van der Waals surface area (Å²) < 4.78 is 5.85. The quantitative estimate of drug-likeness (QED) is 0.850. The molecule has 2 fully saturated rings. The predicted molar refractivity (Wildman–Crippen MR) is 91.2 cm³/mol. The van der Waals surface area contributed by atoms with Crippen LogP contribution in [-0.2, 0) is 16.1 Å². The van der Waals surface area contributed by atoms with Gasteiger partial charge in [-0.2, -0.15) is 5.26 Å². The highest BCUT2D eigenvalue weighted by atomic mass is 16.5. The van der Waals surface area contributed by atoms with Crippen molar-refractivity contribution in [3.63, 3.8) is 0 Å². The summed E-state index contributed by atoms with van der Waals surface area (Å²) in [6.45, 7) is 2.50. The van der Waals surface area contributed by atoms with Gasteiger partial charge in [0.15, 0.2) is 0 Å². The zero-order valence-electron chi connectivity index (χ0n) is 14.3. The lowest BCUT2D eigenvalue weighted by Crippen LogP contribution is -2.56. The molecular formula is C19H25N3O2. The Hall–Kier alpha value is -1.90. The summed E-state index contributed by atoms with van der Waals surface area (Å²) >= 11 is 0. The van der Waals surface area contributed by atoms with E-state index in [4.69, 9.17) is 10.00 Å². The fourth-order valence-electron chi connectivity index (χ4n) is 3.78. The first-order valence-electron chi connectivity index (χ1n) is 8.76. The van der Waals surface area contributed by atoms with E-state index in [1.165, 1.54) is 12.8 Å². The summed E-state index contributed by atoms with van der Waals surface area (Å²) in [5, 5.41) is 8.85. The molecule has 2 aliphatic rings. The third-order valence-corrected chi connectivity index (χ3v) is 4.99. The van der Waals surface area contributed by atoms with Gasteiger partial charge in [0.1, 0.15) is 0 Å². The van der Waals surface area contributed by atoms with Crippen LogP contribution in [0.5, 0.6) is 0 Å². The van der Waals surface area contributed by atoms with E-state index >= 15 is 0 Å². The Labute approximate surface area is 143 Å². The number of nitriles is 1. The van der Waals surface area contributed by atoms with Gasteiger partial charge in [-0.1, -0.05) is 25.0 Å². The van der Waals surface area contributed by atoms with E-state index in [2.05, 4.69) is 6.07 Å². The minimum absolute atomic E-state index is 0.200. The van der Waals surface area contributed by atoms with Crippen LogP contribution in [0.3, 0.4) is 0 Å². The van der Waals surface area contributed by atoms with Crippen LogP contribution in [0.15, 0.2) is 24.3 Å². The van der Waals surface area contributed by atoms with E-state index < -0.39 is 0 Å². The zero-order chi connectivity index (χ0) is 16.9. The second-order valence-electron chi connectivity index (χ2n) is 6.83. The van der Waals surface area contributed by atoms with Gasteiger partial charge >= 0.3 is 0 Å². The van der Waals surface area contributed by atoms with Gasteiger partial charge in [0, 0.05) is 13.1 Å². The van der Waals surface area contributed by atoms with Crippen molar-refractivity contribution >= 4 is 5.91 Å². The molecule has 0 radical (unpaired) electrons. The first-order valence-corrected chi connectivity index (χ1v) is 8.76. The SMILES string of the molecule is CN(CC(=O)N1CCO[C@H]2CCCC[C@H]21)Cc1ccc(C#N)cc1. The molecule has 1 aromatic rings. The van der Waals surface area contributed by atoms with E-state index in [1.54, 1.807) is 0 Å². The van der Waals surface area contributed by atoms with Gasteiger partial charge in [-0.05, 0) is 37.6 Å². The first-order chi connectivity index (χ1) is 11.7. The Morgan fingerprint density at radius 2 is 2.08 bits per heavy atom. The van der Waals surface area contributed by atoms with Crippen LogP contribution in [0.1, 0.15) is 36.8 Å². The number of morpholine rings is 1. The van der Waals surface area contributed by atoms with Gasteiger partial charge in [-0.15, -0.1) is 0 Å². The van der Waals surface area contributed by atoms with Crippen LogP contribution >= 0.6 is 0 Å². The summed E-state index contributed by atoms with van der Waals surface area (Å²) in [4.78, 5) is 16.8. The number of carbonyl (C=O) groups excluding carboxylic acids is 1. The van der Waals surface area contributed by atoms with Gasteiger partial charge in [0.25, 0.3) is 0 Å².